The molecule has 3 aliphatic heterocycles. The molecule has 6 rings (SSSR count). The maximum absolute atomic E-state index is 13.1. The Morgan fingerprint density at radius 2 is 2.12 bits per heavy atom. The zero-order valence-electron chi connectivity index (χ0n) is 20.3. The lowest BCUT2D eigenvalue weighted by atomic mass is 9.74. The lowest BCUT2D eigenvalue weighted by molar-refractivity contribution is -0.472. The summed E-state index contributed by atoms with van der Waals surface area (Å²) in [7, 11) is 1.80. The Morgan fingerprint density at radius 1 is 1.35 bits per heavy atom. The minimum absolute atomic E-state index is 0.159. The van der Waals surface area contributed by atoms with Crippen LogP contribution in [0.3, 0.4) is 0 Å². The van der Waals surface area contributed by atoms with Crippen molar-refractivity contribution < 1.29 is 28.7 Å². The van der Waals surface area contributed by atoms with E-state index in [-0.39, 0.29) is 23.2 Å². The number of hydrogen-bond donors (Lipinski definition) is 1. The smallest absolute Gasteiger partial charge is 0.478 e. The fraction of sp³-hybridized carbons (Fsp3) is 0.600. The molecule has 1 aromatic heterocycles. The lowest BCUT2D eigenvalue weighted by Crippen LogP contribution is -2.47. The fourth-order valence-corrected chi connectivity index (χ4v) is 5.54. The Bertz CT molecular complexity index is 1170. The third kappa shape index (κ3) is 4.29. The van der Waals surface area contributed by atoms with Crippen LogP contribution in [0.2, 0.25) is 0 Å². The van der Waals surface area contributed by atoms with E-state index in [1.807, 2.05) is 39.2 Å². The van der Waals surface area contributed by atoms with Gasteiger partial charge in [-0.3, -0.25) is 4.68 Å². The van der Waals surface area contributed by atoms with E-state index in [9.17, 15) is 14.7 Å². The molecule has 0 radical (unpaired) electrons. The number of aromatic carboxylic acids is 1. The first-order chi connectivity index (χ1) is 16.0. The second kappa shape index (κ2) is 8.08. The molecule has 1 atom stereocenters. The number of anilines is 1. The molecule has 9 nitrogen and oxygen atoms in total. The standard InChI is InChI=1S/C25H32N4O5/c1-24(2,3)34-23(32)29(15-25-9-17(10-25)14-33-25)12-16-7-8-28(11-16)20-6-5-18(22(30)31)21-19(20)13-27(4)26-21/h5-6,12-13,16-17H,7-11,14-15H2,1-4H3/p+1/b29-12+. The van der Waals surface area contributed by atoms with E-state index in [1.165, 1.54) is 0 Å². The lowest BCUT2D eigenvalue weighted by Gasteiger charge is -2.33. The van der Waals surface area contributed by atoms with Crippen LogP contribution in [-0.2, 0) is 16.5 Å². The molecular formula is C25H33N4O5+. The topological polar surface area (TPSA) is 96.9 Å². The van der Waals surface area contributed by atoms with Gasteiger partial charge in [-0.25, -0.2) is 4.79 Å². The van der Waals surface area contributed by atoms with E-state index < -0.39 is 11.6 Å². The number of amides is 1. The molecule has 2 aromatic rings. The van der Waals surface area contributed by atoms with Crippen molar-refractivity contribution in [3.8, 4) is 0 Å². The molecule has 1 aliphatic carbocycles. The van der Waals surface area contributed by atoms with Gasteiger partial charge in [0.05, 0.1) is 18.1 Å². The Balaban J connectivity index is 1.39. The Morgan fingerprint density at radius 3 is 2.76 bits per heavy atom. The molecule has 1 aromatic carbocycles. The minimum Gasteiger partial charge on any atom is -0.478 e. The summed E-state index contributed by atoms with van der Waals surface area (Å²) in [6.07, 6.45) is 6.45. The van der Waals surface area contributed by atoms with Crippen LogP contribution in [0.4, 0.5) is 10.5 Å². The van der Waals surface area contributed by atoms with E-state index in [1.54, 1.807) is 22.4 Å². The second-order valence-electron chi connectivity index (χ2n) is 11.0. The number of nitrogens with zero attached hydrogens (tertiary/aromatic N) is 4. The molecule has 4 aliphatic rings. The van der Waals surface area contributed by atoms with E-state index in [2.05, 4.69) is 10.00 Å². The zero-order valence-corrected chi connectivity index (χ0v) is 20.3. The Hall–Kier alpha value is -2.94. The van der Waals surface area contributed by atoms with Crippen LogP contribution in [0.15, 0.2) is 18.3 Å². The summed E-state index contributed by atoms with van der Waals surface area (Å²) in [5.41, 5.74) is 0.858. The van der Waals surface area contributed by atoms with Crippen molar-refractivity contribution in [3.63, 3.8) is 0 Å². The normalized spacial score (nSPS) is 26.7. The Labute approximate surface area is 198 Å². The quantitative estimate of drug-likeness (QED) is 0.530. The molecule has 34 heavy (non-hydrogen) atoms. The number of carbonyl (C=O) groups is 2. The van der Waals surface area contributed by atoms with Crippen LogP contribution >= 0.6 is 0 Å². The highest BCUT2D eigenvalue weighted by molar-refractivity contribution is 6.06. The first-order valence-corrected chi connectivity index (χ1v) is 12.0. The number of ether oxygens (including phenoxy) is 2. The number of carbonyl (C=O) groups excluding carboxylic acids is 1. The summed E-state index contributed by atoms with van der Waals surface area (Å²) in [6.45, 7) is 8.48. The average molecular weight is 470 g/mol. The van der Waals surface area contributed by atoms with Gasteiger partial charge in [-0.2, -0.15) is 9.89 Å². The summed E-state index contributed by atoms with van der Waals surface area (Å²) in [6, 6.07) is 3.49. The predicted octanol–water partition coefficient (Wildman–Crippen LogP) is 3.30. The number of benzene rings is 1. The van der Waals surface area contributed by atoms with Crippen molar-refractivity contribution in [2.24, 2.45) is 18.9 Å². The van der Waals surface area contributed by atoms with Crippen molar-refractivity contribution in [3.05, 3.63) is 23.9 Å². The summed E-state index contributed by atoms with van der Waals surface area (Å²) < 4.78 is 15.1. The third-order valence-corrected chi connectivity index (χ3v) is 6.99. The average Bonchev–Trinajstić information content (AvgIpc) is 3.47. The molecular weight excluding hydrogens is 436 g/mol. The van der Waals surface area contributed by atoms with Gasteiger partial charge in [-0.05, 0) is 58.1 Å². The van der Waals surface area contributed by atoms with Gasteiger partial charge in [0.1, 0.15) is 16.7 Å². The van der Waals surface area contributed by atoms with Crippen molar-refractivity contribution in [1.29, 1.82) is 0 Å². The van der Waals surface area contributed by atoms with Crippen LogP contribution < -0.4 is 4.90 Å². The summed E-state index contributed by atoms with van der Waals surface area (Å²) in [5.74, 6) is -0.201. The largest absolute Gasteiger partial charge is 0.596 e. The van der Waals surface area contributed by atoms with Gasteiger partial charge in [-0.1, -0.05) is 0 Å². The number of hydrogen-bond acceptors (Lipinski definition) is 6. The Kier molecular flexibility index (Phi) is 5.42. The molecule has 4 fully saturated rings. The summed E-state index contributed by atoms with van der Waals surface area (Å²) >= 11 is 0. The number of aryl methyl sites for hydroxylation is 1. The highest BCUT2D eigenvalue weighted by Gasteiger charge is 2.56. The van der Waals surface area contributed by atoms with E-state index in [0.717, 1.165) is 50.0 Å². The van der Waals surface area contributed by atoms with Gasteiger partial charge in [-0.15, -0.1) is 4.58 Å². The second-order valence-corrected chi connectivity index (χ2v) is 11.0. The number of fused-ring (bicyclic) bond motifs is 2. The molecule has 1 amide bonds. The molecule has 1 saturated carbocycles. The van der Waals surface area contributed by atoms with Crippen LogP contribution in [0.1, 0.15) is 50.4 Å². The molecule has 0 spiro atoms. The highest BCUT2D eigenvalue weighted by Crippen LogP contribution is 2.48. The number of carboxylic acid groups (broad SMARTS) is 1. The van der Waals surface area contributed by atoms with Crippen LogP contribution in [-0.4, -0.2) is 75.2 Å². The molecule has 1 unspecified atom stereocenters. The van der Waals surface area contributed by atoms with Gasteiger partial charge >= 0.3 is 12.1 Å². The molecule has 1 N–H and O–H groups in total. The van der Waals surface area contributed by atoms with Crippen molar-refractivity contribution in [1.82, 2.24) is 9.78 Å². The SMILES string of the molecule is Cn1cc2c(N3CCC(/C=[N+](\CC45CC(CO4)C5)C(=O)OC(C)(C)C)C3)ccc(C(=O)O)c2n1. The first kappa shape index (κ1) is 22.8. The number of carboxylic acids is 1. The molecule has 3 saturated heterocycles. The highest BCUT2D eigenvalue weighted by atomic mass is 16.6. The molecule has 182 valence electrons. The van der Waals surface area contributed by atoms with Crippen LogP contribution in [0.25, 0.3) is 10.9 Å². The maximum atomic E-state index is 13.1. The van der Waals surface area contributed by atoms with Gasteiger partial charge in [0, 0.05) is 37.4 Å². The molecule has 9 heteroatoms. The van der Waals surface area contributed by atoms with Crippen LogP contribution in [0.5, 0.6) is 0 Å². The van der Waals surface area contributed by atoms with E-state index in [0.29, 0.717) is 18.0 Å². The van der Waals surface area contributed by atoms with Crippen molar-refractivity contribution in [2.45, 2.75) is 51.2 Å². The maximum Gasteiger partial charge on any atom is 0.596 e. The third-order valence-electron chi connectivity index (χ3n) is 6.99. The number of rotatable bonds is 5. The van der Waals surface area contributed by atoms with Gasteiger partial charge in [0.15, 0.2) is 12.8 Å². The van der Waals surface area contributed by atoms with Crippen molar-refractivity contribution >= 4 is 34.9 Å². The fourth-order valence-electron chi connectivity index (χ4n) is 5.54. The van der Waals surface area contributed by atoms with Gasteiger partial charge in [0.2, 0.25) is 0 Å². The number of aromatic nitrogens is 2. The monoisotopic (exact) mass is 469 g/mol. The van der Waals surface area contributed by atoms with Crippen molar-refractivity contribution in [2.75, 3.05) is 31.1 Å². The van der Waals surface area contributed by atoms with Gasteiger partial charge < -0.3 is 19.5 Å². The predicted molar refractivity (Wildman–Crippen MR) is 127 cm³/mol. The zero-order chi connectivity index (χ0) is 24.3. The van der Waals surface area contributed by atoms with E-state index >= 15 is 0 Å². The van der Waals surface area contributed by atoms with Crippen LogP contribution in [0, 0.1) is 11.8 Å². The first-order valence-electron chi connectivity index (χ1n) is 12.0. The summed E-state index contributed by atoms with van der Waals surface area (Å²) in [4.78, 5) is 26.9. The molecule has 4 heterocycles. The van der Waals surface area contributed by atoms with E-state index in [4.69, 9.17) is 9.47 Å². The summed E-state index contributed by atoms with van der Waals surface area (Å²) in [5, 5.41) is 14.7. The van der Waals surface area contributed by atoms with Gasteiger partial charge in [0.25, 0.3) is 0 Å². The minimum atomic E-state index is -0.984. The molecule has 2 bridgehead atoms.